The number of rotatable bonds is 8. The molecule has 15 heavy (non-hydrogen) atoms. The topological polar surface area (TPSA) is 26.3 Å². The molecule has 88 valence electrons. The quantitative estimate of drug-likeness (QED) is 0.274. The Morgan fingerprint density at radius 1 is 1.33 bits per heavy atom. The number of hydrogen-bond acceptors (Lipinski definition) is 2. The van der Waals surface area contributed by atoms with Crippen LogP contribution in [0.2, 0.25) is 25.2 Å². The molecule has 0 saturated heterocycles. The number of esters is 1. The van der Waals surface area contributed by atoms with E-state index in [1.54, 1.807) is 0 Å². The van der Waals surface area contributed by atoms with Gasteiger partial charge in [0.1, 0.15) is 0 Å². The van der Waals surface area contributed by atoms with Gasteiger partial charge < -0.3 is 4.74 Å². The summed E-state index contributed by atoms with van der Waals surface area (Å²) in [5.41, 5.74) is 0. The molecule has 0 aromatic rings. The molecule has 0 radical (unpaired) electrons. The summed E-state index contributed by atoms with van der Waals surface area (Å²) in [4.78, 5) is 10.8. The van der Waals surface area contributed by atoms with Crippen LogP contribution in [0.3, 0.4) is 0 Å². The van der Waals surface area contributed by atoms with E-state index in [9.17, 15) is 4.79 Å². The van der Waals surface area contributed by atoms with Crippen LogP contribution in [0.1, 0.15) is 26.2 Å². The van der Waals surface area contributed by atoms with Gasteiger partial charge in [0.2, 0.25) is 0 Å². The Kier molecular flexibility index (Phi) is 7.39. The number of carbonyl (C=O) groups is 1. The highest BCUT2D eigenvalue weighted by atomic mass is 28.3. The summed E-state index contributed by atoms with van der Waals surface area (Å²) in [5.74, 6) is -0.303. The highest BCUT2D eigenvalue weighted by Crippen LogP contribution is 2.20. The summed E-state index contributed by atoms with van der Waals surface area (Å²) < 4.78 is 4.96. The van der Waals surface area contributed by atoms with Gasteiger partial charge >= 0.3 is 5.97 Å². The van der Waals surface area contributed by atoms with Crippen molar-refractivity contribution in [3.05, 3.63) is 12.7 Å². The van der Waals surface area contributed by atoms with Crippen LogP contribution in [-0.4, -0.2) is 20.7 Å². The van der Waals surface area contributed by atoms with E-state index in [2.05, 4.69) is 26.6 Å². The first kappa shape index (κ1) is 14.4. The van der Waals surface area contributed by atoms with E-state index in [-0.39, 0.29) is 5.97 Å². The van der Waals surface area contributed by atoms with Gasteiger partial charge in [-0.05, 0) is 6.42 Å². The Hall–Kier alpha value is -0.573. The Morgan fingerprint density at radius 3 is 2.47 bits per heavy atom. The van der Waals surface area contributed by atoms with Crippen LogP contribution >= 0.6 is 0 Å². The van der Waals surface area contributed by atoms with E-state index in [0.717, 1.165) is 6.42 Å². The third-order valence-electron chi connectivity index (χ3n) is 2.62. The molecule has 0 rings (SSSR count). The average Bonchev–Trinajstić information content (AvgIpc) is 2.21. The van der Waals surface area contributed by atoms with Crippen molar-refractivity contribution >= 4 is 14.0 Å². The Bertz CT molecular complexity index is 200. The number of ether oxygens (including phenoxy) is 1. The van der Waals surface area contributed by atoms with E-state index < -0.39 is 8.07 Å². The molecule has 0 N–H and O–H groups in total. The van der Waals surface area contributed by atoms with Gasteiger partial charge in [0.25, 0.3) is 0 Å². The third-order valence-corrected chi connectivity index (χ3v) is 6.03. The fourth-order valence-corrected chi connectivity index (χ4v) is 4.22. The standard InChI is InChI=1S/C12H24O2Si/c1-5-7-10-15(3,4)11-8-9-14-12(13)6-2/h6H,2,5,7-11H2,1,3-4H3. The van der Waals surface area contributed by atoms with E-state index in [1.807, 2.05) is 0 Å². The monoisotopic (exact) mass is 228 g/mol. The molecule has 0 aliphatic carbocycles. The predicted octanol–water partition coefficient (Wildman–Crippen LogP) is 3.61. The van der Waals surface area contributed by atoms with E-state index >= 15 is 0 Å². The molecular weight excluding hydrogens is 204 g/mol. The van der Waals surface area contributed by atoms with Crippen LogP contribution < -0.4 is 0 Å². The molecule has 0 heterocycles. The van der Waals surface area contributed by atoms with Crippen molar-refractivity contribution in [3.8, 4) is 0 Å². The van der Waals surface area contributed by atoms with Crippen molar-refractivity contribution < 1.29 is 9.53 Å². The molecule has 0 spiro atoms. The van der Waals surface area contributed by atoms with Crippen molar-refractivity contribution in [2.24, 2.45) is 0 Å². The SMILES string of the molecule is C=CC(=O)OCCC[Si](C)(C)CCCC. The summed E-state index contributed by atoms with van der Waals surface area (Å²) in [6.07, 6.45) is 4.84. The Balaban J connectivity index is 3.56. The van der Waals surface area contributed by atoms with Crippen molar-refractivity contribution in [3.63, 3.8) is 0 Å². The maximum Gasteiger partial charge on any atom is 0.330 e. The zero-order chi connectivity index (χ0) is 11.7. The van der Waals surface area contributed by atoms with Gasteiger partial charge in [0, 0.05) is 14.1 Å². The lowest BCUT2D eigenvalue weighted by molar-refractivity contribution is -0.137. The first-order valence-electron chi connectivity index (χ1n) is 5.81. The van der Waals surface area contributed by atoms with Gasteiger partial charge in [-0.3, -0.25) is 0 Å². The first-order valence-corrected chi connectivity index (χ1v) is 9.22. The molecule has 0 aromatic heterocycles. The van der Waals surface area contributed by atoms with Crippen LogP contribution in [-0.2, 0) is 9.53 Å². The summed E-state index contributed by atoms with van der Waals surface area (Å²) in [5, 5.41) is 0. The van der Waals surface area contributed by atoms with Gasteiger partial charge in [0.15, 0.2) is 0 Å². The molecule has 0 fully saturated rings. The van der Waals surface area contributed by atoms with Crippen LogP contribution in [0, 0.1) is 0 Å². The van der Waals surface area contributed by atoms with E-state index in [1.165, 1.54) is 31.0 Å². The minimum Gasteiger partial charge on any atom is -0.463 e. The normalized spacial score (nSPS) is 11.1. The largest absolute Gasteiger partial charge is 0.463 e. The van der Waals surface area contributed by atoms with Gasteiger partial charge in [0.05, 0.1) is 6.61 Å². The van der Waals surface area contributed by atoms with Crippen LogP contribution in [0.25, 0.3) is 0 Å². The fourth-order valence-electron chi connectivity index (χ4n) is 1.56. The average molecular weight is 228 g/mol. The maximum absolute atomic E-state index is 10.8. The maximum atomic E-state index is 10.8. The summed E-state index contributed by atoms with van der Waals surface area (Å²) >= 11 is 0. The van der Waals surface area contributed by atoms with Crippen molar-refractivity contribution in [1.82, 2.24) is 0 Å². The minimum absolute atomic E-state index is 0.303. The molecule has 0 amide bonds. The smallest absolute Gasteiger partial charge is 0.330 e. The lowest BCUT2D eigenvalue weighted by atomic mass is 10.4. The molecule has 2 nitrogen and oxygen atoms in total. The minimum atomic E-state index is -1.02. The lowest BCUT2D eigenvalue weighted by Crippen LogP contribution is -2.25. The molecule has 0 aliphatic rings. The van der Waals surface area contributed by atoms with Gasteiger partial charge in [-0.1, -0.05) is 51.5 Å². The van der Waals surface area contributed by atoms with Crippen molar-refractivity contribution in [1.29, 1.82) is 0 Å². The summed E-state index contributed by atoms with van der Waals surface area (Å²) in [6.45, 7) is 11.0. The molecular formula is C12H24O2Si. The number of unbranched alkanes of at least 4 members (excludes halogenated alkanes) is 1. The van der Waals surface area contributed by atoms with Crippen molar-refractivity contribution in [2.45, 2.75) is 51.4 Å². The molecule has 3 heteroatoms. The predicted molar refractivity (Wildman–Crippen MR) is 67.8 cm³/mol. The fraction of sp³-hybridized carbons (Fsp3) is 0.750. The summed E-state index contributed by atoms with van der Waals surface area (Å²) in [7, 11) is -1.02. The highest BCUT2D eigenvalue weighted by molar-refractivity contribution is 6.77. The van der Waals surface area contributed by atoms with Gasteiger partial charge in [-0.2, -0.15) is 0 Å². The van der Waals surface area contributed by atoms with Gasteiger partial charge in [-0.25, -0.2) is 4.79 Å². The Labute approximate surface area is 94.7 Å². The van der Waals surface area contributed by atoms with Gasteiger partial charge in [-0.15, -0.1) is 0 Å². The second-order valence-corrected chi connectivity index (χ2v) is 10.1. The van der Waals surface area contributed by atoms with Crippen LogP contribution in [0.15, 0.2) is 12.7 Å². The molecule has 0 saturated carbocycles. The van der Waals surface area contributed by atoms with Crippen LogP contribution in [0.4, 0.5) is 0 Å². The summed E-state index contributed by atoms with van der Waals surface area (Å²) in [6, 6.07) is 2.64. The van der Waals surface area contributed by atoms with E-state index in [0.29, 0.717) is 6.61 Å². The van der Waals surface area contributed by atoms with E-state index in [4.69, 9.17) is 4.74 Å². The zero-order valence-electron chi connectivity index (χ0n) is 10.3. The van der Waals surface area contributed by atoms with Crippen molar-refractivity contribution in [2.75, 3.05) is 6.61 Å². The molecule has 0 aliphatic heterocycles. The highest BCUT2D eigenvalue weighted by Gasteiger charge is 2.18. The molecule has 0 atom stereocenters. The Morgan fingerprint density at radius 2 is 1.93 bits per heavy atom. The lowest BCUT2D eigenvalue weighted by Gasteiger charge is -2.21. The molecule has 0 aromatic carbocycles. The molecule has 0 bridgehead atoms. The van der Waals surface area contributed by atoms with Crippen LogP contribution in [0.5, 0.6) is 0 Å². The third kappa shape index (κ3) is 8.42. The first-order chi connectivity index (χ1) is 7.02. The number of carbonyl (C=O) groups excluding carboxylic acids is 1. The second kappa shape index (κ2) is 7.68. The second-order valence-electron chi connectivity index (χ2n) is 4.74. The molecule has 0 unspecified atom stereocenters. The zero-order valence-corrected chi connectivity index (χ0v) is 11.3. The number of hydrogen-bond donors (Lipinski definition) is 0.